The third-order valence-corrected chi connectivity index (χ3v) is 3.21. The van der Waals surface area contributed by atoms with E-state index in [4.69, 9.17) is 5.73 Å². The maximum Gasteiger partial charge on any atom is 0.319 e. The second kappa shape index (κ2) is 6.35. The fourth-order valence-corrected chi connectivity index (χ4v) is 1.74. The van der Waals surface area contributed by atoms with Crippen molar-refractivity contribution < 1.29 is 9.18 Å². The average Bonchev–Trinajstić information content (AvgIpc) is 2.36. The number of halogens is 1. The summed E-state index contributed by atoms with van der Waals surface area (Å²) >= 11 is 0. The lowest BCUT2D eigenvalue weighted by atomic mass is 9.93. The highest BCUT2D eigenvalue weighted by molar-refractivity contribution is 5.89. The van der Waals surface area contributed by atoms with Crippen molar-refractivity contribution in [1.29, 1.82) is 0 Å². The van der Waals surface area contributed by atoms with E-state index < -0.39 is 5.54 Å². The molecule has 0 unspecified atom stereocenters. The predicted octanol–water partition coefficient (Wildman–Crippen LogP) is 2.46. The van der Waals surface area contributed by atoms with Gasteiger partial charge in [-0.05, 0) is 31.0 Å². The van der Waals surface area contributed by atoms with Gasteiger partial charge in [0.05, 0.1) is 5.54 Å². The summed E-state index contributed by atoms with van der Waals surface area (Å²) < 4.78 is 13.0. The van der Waals surface area contributed by atoms with Crippen LogP contribution >= 0.6 is 0 Å². The summed E-state index contributed by atoms with van der Waals surface area (Å²) in [5, 5.41) is 5.45. The zero-order valence-corrected chi connectivity index (χ0v) is 10.8. The van der Waals surface area contributed by atoms with E-state index in [-0.39, 0.29) is 11.8 Å². The van der Waals surface area contributed by atoms with E-state index in [1.165, 1.54) is 12.1 Å². The van der Waals surface area contributed by atoms with Crippen molar-refractivity contribution in [3.8, 4) is 0 Å². The summed E-state index contributed by atoms with van der Waals surface area (Å²) in [5.74, 6) is -0.385. The van der Waals surface area contributed by atoms with Gasteiger partial charge in [0.1, 0.15) is 5.82 Å². The van der Waals surface area contributed by atoms with Gasteiger partial charge in [0.2, 0.25) is 0 Å². The summed E-state index contributed by atoms with van der Waals surface area (Å²) in [6, 6.07) is 5.40. The summed E-state index contributed by atoms with van der Waals surface area (Å²) in [5.41, 5.74) is 5.71. The summed E-state index contributed by atoms with van der Waals surface area (Å²) in [6.07, 6.45) is 1.49. The number of anilines is 1. The maximum absolute atomic E-state index is 13.0. The molecule has 0 atom stereocenters. The van der Waals surface area contributed by atoms with Gasteiger partial charge >= 0.3 is 6.03 Å². The van der Waals surface area contributed by atoms with Crippen molar-refractivity contribution in [2.45, 2.75) is 32.2 Å². The van der Waals surface area contributed by atoms with Crippen LogP contribution < -0.4 is 16.4 Å². The van der Waals surface area contributed by atoms with Crippen molar-refractivity contribution in [2.75, 3.05) is 11.9 Å². The van der Waals surface area contributed by atoms with Gasteiger partial charge in [0.25, 0.3) is 0 Å². The number of benzene rings is 1. The number of carbonyl (C=O) groups is 1. The number of urea groups is 1. The van der Waals surface area contributed by atoms with Crippen LogP contribution in [0.25, 0.3) is 0 Å². The Bertz CT molecular complexity index is 397. The minimum absolute atomic E-state index is 0.366. The van der Waals surface area contributed by atoms with Crippen LogP contribution in [0.15, 0.2) is 24.3 Å². The molecule has 0 bridgehead atoms. The van der Waals surface area contributed by atoms with Gasteiger partial charge in [-0.3, -0.25) is 0 Å². The molecule has 1 aromatic carbocycles. The van der Waals surface area contributed by atoms with E-state index in [1.54, 1.807) is 12.1 Å². The largest absolute Gasteiger partial charge is 0.331 e. The molecule has 0 fully saturated rings. The lowest BCUT2D eigenvalue weighted by Crippen LogP contribution is -2.54. The predicted molar refractivity (Wildman–Crippen MR) is 70.9 cm³/mol. The molecular formula is C13H20FN3O. The molecule has 18 heavy (non-hydrogen) atoms. The highest BCUT2D eigenvalue weighted by atomic mass is 19.1. The molecular weight excluding hydrogens is 233 g/mol. The van der Waals surface area contributed by atoms with Gasteiger partial charge in [-0.15, -0.1) is 0 Å². The van der Waals surface area contributed by atoms with Crippen LogP contribution in [-0.4, -0.2) is 18.1 Å². The van der Waals surface area contributed by atoms with E-state index in [2.05, 4.69) is 10.6 Å². The molecule has 2 amide bonds. The van der Waals surface area contributed by atoms with Crippen LogP contribution in [0.4, 0.5) is 14.9 Å². The van der Waals surface area contributed by atoms with Crippen LogP contribution in [-0.2, 0) is 0 Å². The Hall–Kier alpha value is -1.62. The third kappa shape index (κ3) is 3.70. The van der Waals surface area contributed by atoms with Crippen LogP contribution in [0.2, 0.25) is 0 Å². The third-order valence-electron chi connectivity index (χ3n) is 3.21. The fourth-order valence-electron chi connectivity index (χ4n) is 1.74. The molecule has 0 radical (unpaired) electrons. The molecule has 0 aliphatic heterocycles. The van der Waals surface area contributed by atoms with Gasteiger partial charge in [-0.25, -0.2) is 9.18 Å². The van der Waals surface area contributed by atoms with Crippen molar-refractivity contribution in [2.24, 2.45) is 5.73 Å². The molecule has 4 N–H and O–H groups in total. The molecule has 1 rings (SSSR count). The quantitative estimate of drug-likeness (QED) is 0.754. The minimum Gasteiger partial charge on any atom is -0.331 e. The van der Waals surface area contributed by atoms with E-state index in [9.17, 15) is 9.18 Å². The molecule has 5 heteroatoms. The molecule has 0 saturated heterocycles. The number of hydrogen-bond donors (Lipinski definition) is 3. The van der Waals surface area contributed by atoms with E-state index in [0.717, 1.165) is 12.8 Å². The number of rotatable bonds is 5. The minimum atomic E-state index is -0.405. The zero-order chi connectivity index (χ0) is 13.6. The zero-order valence-electron chi connectivity index (χ0n) is 10.8. The first-order chi connectivity index (χ1) is 8.55. The molecule has 0 heterocycles. The smallest absolute Gasteiger partial charge is 0.319 e. The Labute approximate surface area is 107 Å². The SMILES string of the molecule is CCC(CC)(CN)NC(=O)Nc1cccc(F)c1. The van der Waals surface area contributed by atoms with Gasteiger partial charge in [0.15, 0.2) is 0 Å². The van der Waals surface area contributed by atoms with Crippen molar-refractivity contribution >= 4 is 11.7 Å². The molecule has 100 valence electrons. The summed E-state index contributed by atoms with van der Waals surface area (Å²) in [4.78, 5) is 11.8. The van der Waals surface area contributed by atoms with Crippen LogP contribution in [0.5, 0.6) is 0 Å². The van der Waals surface area contributed by atoms with Gasteiger partial charge in [0, 0.05) is 12.2 Å². The summed E-state index contributed by atoms with van der Waals surface area (Å²) in [7, 11) is 0. The highest BCUT2D eigenvalue weighted by Gasteiger charge is 2.26. The number of carbonyl (C=O) groups excluding carboxylic acids is 1. The standard InChI is InChI=1S/C13H20FN3O/c1-3-13(4-2,9-15)17-12(18)16-11-7-5-6-10(14)8-11/h5-8H,3-4,9,15H2,1-2H3,(H2,16,17,18). The first kappa shape index (κ1) is 14.4. The number of nitrogens with two attached hydrogens (primary N) is 1. The van der Waals surface area contributed by atoms with Crippen molar-refractivity contribution in [1.82, 2.24) is 5.32 Å². The number of hydrogen-bond acceptors (Lipinski definition) is 2. The van der Waals surface area contributed by atoms with Crippen LogP contribution in [0.1, 0.15) is 26.7 Å². The number of nitrogens with one attached hydrogen (secondary N) is 2. The lowest BCUT2D eigenvalue weighted by molar-refractivity contribution is 0.233. The monoisotopic (exact) mass is 253 g/mol. The second-order valence-corrected chi connectivity index (χ2v) is 4.28. The lowest BCUT2D eigenvalue weighted by Gasteiger charge is -2.31. The molecule has 0 aromatic heterocycles. The summed E-state index contributed by atoms with van der Waals surface area (Å²) in [6.45, 7) is 4.31. The molecule has 0 aliphatic rings. The topological polar surface area (TPSA) is 67.1 Å². The highest BCUT2D eigenvalue weighted by Crippen LogP contribution is 2.14. The first-order valence-electron chi connectivity index (χ1n) is 6.10. The van der Waals surface area contributed by atoms with Gasteiger partial charge < -0.3 is 16.4 Å². The Kier molecular flexibility index (Phi) is 5.09. The van der Waals surface area contributed by atoms with Crippen molar-refractivity contribution in [3.05, 3.63) is 30.1 Å². The second-order valence-electron chi connectivity index (χ2n) is 4.28. The Morgan fingerprint density at radius 1 is 1.39 bits per heavy atom. The fraction of sp³-hybridized carbons (Fsp3) is 0.462. The van der Waals surface area contributed by atoms with Crippen molar-refractivity contribution in [3.63, 3.8) is 0 Å². The van der Waals surface area contributed by atoms with E-state index >= 15 is 0 Å². The van der Waals surface area contributed by atoms with Gasteiger partial charge in [-0.2, -0.15) is 0 Å². The normalized spacial score (nSPS) is 11.1. The van der Waals surface area contributed by atoms with E-state index in [1.807, 2.05) is 13.8 Å². The van der Waals surface area contributed by atoms with Crippen LogP contribution in [0, 0.1) is 5.82 Å². The van der Waals surface area contributed by atoms with E-state index in [0.29, 0.717) is 12.2 Å². The molecule has 0 aliphatic carbocycles. The van der Waals surface area contributed by atoms with Gasteiger partial charge in [-0.1, -0.05) is 19.9 Å². The van der Waals surface area contributed by atoms with Crippen LogP contribution in [0.3, 0.4) is 0 Å². The Balaban J connectivity index is 2.66. The maximum atomic E-state index is 13.0. The first-order valence-corrected chi connectivity index (χ1v) is 6.10. The Morgan fingerprint density at radius 2 is 2.06 bits per heavy atom. The average molecular weight is 253 g/mol. The molecule has 1 aromatic rings. The molecule has 4 nitrogen and oxygen atoms in total. The molecule has 0 spiro atoms. The number of amides is 2. The Morgan fingerprint density at radius 3 is 2.56 bits per heavy atom. The molecule has 0 saturated carbocycles.